The van der Waals surface area contributed by atoms with Crippen LogP contribution in [0.3, 0.4) is 0 Å². The number of rotatable bonds is 6. The number of carbonyl (C=O) groups is 1. The molecular weight excluding hydrogens is 240 g/mol. The molecule has 0 bridgehead atoms. The van der Waals surface area contributed by atoms with Gasteiger partial charge < -0.3 is 15.0 Å². The van der Waals surface area contributed by atoms with Crippen LogP contribution in [0.5, 0.6) is 0 Å². The van der Waals surface area contributed by atoms with Crippen molar-refractivity contribution >= 4 is 11.6 Å². The lowest BCUT2D eigenvalue weighted by molar-refractivity contribution is 0.0718. The van der Waals surface area contributed by atoms with Crippen molar-refractivity contribution in [2.24, 2.45) is 0 Å². The van der Waals surface area contributed by atoms with Crippen molar-refractivity contribution in [2.75, 3.05) is 38.7 Å². The summed E-state index contributed by atoms with van der Waals surface area (Å²) in [4.78, 5) is 14.2. The molecule has 0 saturated heterocycles. The van der Waals surface area contributed by atoms with Gasteiger partial charge >= 0.3 is 0 Å². The number of hydrogen-bond donors (Lipinski definition) is 1. The molecule has 0 aromatic heterocycles. The van der Waals surface area contributed by atoms with Crippen LogP contribution in [-0.4, -0.2) is 44.2 Å². The minimum absolute atomic E-state index is 0.0339. The zero-order valence-corrected chi connectivity index (χ0v) is 11.3. The van der Waals surface area contributed by atoms with Gasteiger partial charge in [0.15, 0.2) is 0 Å². The second kappa shape index (κ2) is 6.38. The van der Waals surface area contributed by atoms with Crippen molar-refractivity contribution in [1.29, 1.82) is 0 Å². The van der Waals surface area contributed by atoms with Crippen LogP contribution in [0.1, 0.15) is 15.9 Å². The number of nitrogens with one attached hydrogen (secondary N) is 1. The fraction of sp³-hybridized carbons (Fsp3) is 0.400. The molecule has 1 aromatic carbocycles. The van der Waals surface area contributed by atoms with E-state index in [-0.39, 0.29) is 5.91 Å². The SMILES string of the molecule is C=CCN(CCOC)C(=O)c1ccc2c(c1)CCN2. The number of nitrogens with zero attached hydrogens (tertiary/aromatic N) is 1. The second-order valence-electron chi connectivity index (χ2n) is 4.58. The van der Waals surface area contributed by atoms with Gasteiger partial charge in [0, 0.05) is 38.0 Å². The Bertz CT molecular complexity index is 471. The Labute approximate surface area is 114 Å². The van der Waals surface area contributed by atoms with Gasteiger partial charge in [-0.25, -0.2) is 0 Å². The van der Waals surface area contributed by atoms with E-state index in [1.165, 1.54) is 5.56 Å². The summed E-state index contributed by atoms with van der Waals surface area (Å²) in [5.41, 5.74) is 3.10. The van der Waals surface area contributed by atoms with Gasteiger partial charge in [-0.1, -0.05) is 6.08 Å². The van der Waals surface area contributed by atoms with E-state index < -0.39 is 0 Å². The van der Waals surface area contributed by atoms with Gasteiger partial charge in [0.05, 0.1) is 6.61 Å². The maximum atomic E-state index is 12.4. The van der Waals surface area contributed by atoms with Crippen LogP contribution in [0.15, 0.2) is 30.9 Å². The summed E-state index contributed by atoms with van der Waals surface area (Å²) in [6, 6.07) is 5.85. The van der Waals surface area contributed by atoms with Gasteiger partial charge in [0.1, 0.15) is 0 Å². The number of carbonyl (C=O) groups excluding carboxylic acids is 1. The third-order valence-electron chi connectivity index (χ3n) is 3.26. The van der Waals surface area contributed by atoms with Crippen molar-refractivity contribution in [3.63, 3.8) is 0 Å². The van der Waals surface area contributed by atoms with E-state index in [2.05, 4.69) is 11.9 Å². The van der Waals surface area contributed by atoms with Crippen molar-refractivity contribution in [1.82, 2.24) is 4.90 Å². The Balaban J connectivity index is 2.14. The molecule has 0 radical (unpaired) electrons. The van der Waals surface area contributed by atoms with Gasteiger partial charge in [0.2, 0.25) is 0 Å². The average molecular weight is 260 g/mol. The Hall–Kier alpha value is -1.81. The summed E-state index contributed by atoms with van der Waals surface area (Å²) in [6.07, 6.45) is 2.72. The van der Waals surface area contributed by atoms with E-state index in [1.54, 1.807) is 18.1 Å². The highest BCUT2D eigenvalue weighted by Crippen LogP contribution is 2.23. The minimum Gasteiger partial charge on any atom is -0.384 e. The monoisotopic (exact) mass is 260 g/mol. The van der Waals surface area contributed by atoms with E-state index in [0.29, 0.717) is 19.7 Å². The molecule has 1 aliphatic heterocycles. The molecule has 19 heavy (non-hydrogen) atoms. The molecule has 0 saturated carbocycles. The summed E-state index contributed by atoms with van der Waals surface area (Å²) in [5, 5.41) is 3.29. The lowest BCUT2D eigenvalue weighted by Crippen LogP contribution is -2.34. The molecular formula is C15H20N2O2. The standard InChI is InChI=1S/C15H20N2O2/c1-3-8-17(9-10-19-2)15(18)13-4-5-14-12(11-13)6-7-16-14/h3-5,11,16H,1,6-10H2,2H3. The van der Waals surface area contributed by atoms with E-state index in [4.69, 9.17) is 4.74 Å². The molecule has 2 rings (SSSR count). The third kappa shape index (κ3) is 3.15. The predicted octanol–water partition coefficient (Wildman–Crippen LogP) is 1.93. The summed E-state index contributed by atoms with van der Waals surface area (Å²) in [7, 11) is 1.64. The number of ether oxygens (including phenoxy) is 1. The number of hydrogen-bond acceptors (Lipinski definition) is 3. The first kappa shape index (κ1) is 13.6. The predicted molar refractivity (Wildman–Crippen MR) is 76.6 cm³/mol. The molecule has 1 amide bonds. The van der Waals surface area contributed by atoms with Crippen LogP contribution in [-0.2, 0) is 11.2 Å². The molecule has 4 heteroatoms. The summed E-state index contributed by atoms with van der Waals surface area (Å²) < 4.78 is 5.04. The highest BCUT2D eigenvalue weighted by Gasteiger charge is 2.17. The van der Waals surface area contributed by atoms with Crippen molar-refractivity contribution in [2.45, 2.75) is 6.42 Å². The molecule has 1 heterocycles. The van der Waals surface area contributed by atoms with Crippen LogP contribution < -0.4 is 5.32 Å². The third-order valence-corrected chi connectivity index (χ3v) is 3.26. The molecule has 0 fully saturated rings. The number of methoxy groups -OCH3 is 1. The highest BCUT2D eigenvalue weighted by molar-refractivity contribution is 5.95. The van der Waals surface area contributed by atoms with E-state index in [0.717, 1.165) is 24.2 Å². The number of fused-ring (bicyclic) bond motifs is 1. The summed E-state index contributed by atoms with van der Waals surface area (Å²) in [6.45, 7) is 6.30. The summed E-state index contributed by atoms with van der Waals surface area (Å²) in [5.74, 6) is 0.0339. The van der Waals surface area contributed by atoms with E-state index in [1.807, 2.05) is 18.2 Å². The maximum Gasteiger partial charge on any atom is 0.254 e. The van der Waals surface area contributed by atoms with Crippen molar-refractivity contribution < 1.29 is 9.53 Å². The van der Waals surface area contributed by atoms with Crippen LogP contribution in [0, 0.1) is 0 Å². The lowest BCUT2D eigenvalue weighted by Gasteiger charge is -2.21. The second-order valence-corrected chi connectivity index (χ2v) is 4.58. The largest absolute Gasteiger partial charge is 0.384 e. The Morgan fingerprint density at radius 1 is 1.58 bits per heavy atom. The van der Waals surface area contributed by atoms with E-state index in [9.17, 15) is 4.79 Å². The Morgan fingerprint density at radius 2 is 2.42 bits per heavy atom. The van der Waals surface area contributed by atoms with Gasteiger partial charge in [-0.15, -0.1) is 6.58 Å². The first-order chi connectivity index (χ1) is 9.26. The molecule has 4 nitrogen and oxygen atoms in total. The molecule has 0 unspecified atom stereocenters. The average Bonchev–Trinajstić information content (AvgIpc) is 2.90. The molecule has 1 N–H and O–H groups in total. The fourth-order valence-corrected chi connectivity index (χ4v) is 2.25. The maximum absolute atomic E-state index is 12.4. The Kier molecular flexibility index (Phi) is 4.58. The van der Waals surface area contributed by atoms with Gasteiger partial charge in [0.25, 0.3) is 5.91 Å². The van der Waals surface area contributed by atoms with Gasteiger partial charge in [-0.3, -0.25) is 4.79 Å². The smallest absolute Gasteiger partial charge is 0.254 e. The van der Waals surface area contributed by atoms with Gasteiger partial charge in [-0.05, 0) is 30.2 Å². The van der Waals surface area contributed by atoms with Crippen LogP contribution in [0.4, 0.5) is 5.69 Å². The van der Waals surface area contributed by atoms with Crippen molar-refractivity contribution in [3.8, 4) is 0 Å². The topological polar surface area (TPSA) is 41.6 Å². The highest BCUT2D eigenvalue weighted by atomic mass is 16.5. The summed E-state index contributed by atoms with van der Waals surface area (Å²) >= 11 is 0. The minimum atomic E-state index is 0.0339. The lowest BCUT2D eigenvalue weighted by atomic mass is 10.1. The quantitative estimate of drug-likeness (QED) is 0.795. The molecule has 1 aliphatic rings. The number of anilines is 1. The van der Waals surface area contributed by atoms with Crippen LogP contribution >= 0.6 is 0 Å². The number of benzene rings is 1. The first-order valence-electron chi connectivity index (χ1n) is 6.52. The van der Waals surface area contributed by atoms with Crippen LogP contribution in [0.2, 0.25) is 0 Å². The molecule has 102 valence electrons. The number of amides is 1. The van der Waals surface area contributed by atoms with Crippen LogP contribution in [0.25, 0.3) is 0 Å². The normalized spacial score (nSPS) is 12.7. The van der Waals surface area contributed by atoms with Gasteiger partial charge in [-0.2, -0.15) is 0 Å². The molecule has 1 aromatic rings. The van der Waals surface area contributed by atoms with Crippen molar-refractivity contribution in [3.05, 3.63) is 42.0 Å². The Morgan fingerprint density at radius 3 is 3.16 bits per heavy atom. The van der Waals surface area contributed by atoms with E-state index >= 15 is 0 Å². The zero-order valence-electron chi connectivity index (χ0n) is 11.3. The first-order valence-corrected chi connectivity index (χ1v) is 6.52. The fourth-order valence-electron chi connectivity index (χ4n) is 2.25. The molecule has 0 spiro atoms. The zero-order chi connectivity index (χ0) is 13.7. The molecule has 0 aliphatic carbocycles. The molecule has 0 atom stereocenters.